The van der Waals surface area contributed by atoms with Crippen molar-refractivity contribution in [3.63, 3.8) is 0 Å². The highest BCUT2D eigenvalue weighted by atomic mass is 32.1. The lowest BCUT2D eigenvalue weighted by molar-refractivity contribution is -0.118. The lowest BCUT2D eigenvalue weighted by Crippen LogP contribution is -2.25. The number of pyridine rings is 1. The number of thiazole rings is 1. The number of nitrogens with zero attached hydrogens (tertiary/aromatic N) is 5. The number of aromatic nitrogens is 2. The van der Waals surface area contributed by atoms with Gasteiger partial charge in [0.2, 0.25) is 4.80 Å². The Kier molecular flexibility index (Phi) is 5.49. The number of carbonyl (C=O) groups excluding carboxylic acids is 1. The number of carbonyl (C=O) groups is 1. The first kappa shape index (κ1) is 20.4. The Bertz CT molecular complexity index is 1460. The number of amides is 1. The monoisotopic (exact) mass is 452 g/mol. The molecule has 0 bridgehead atoms. The minimum absolute atomic E-state index is 0.00776. The molecule has 0 saturated heterocycles. The van der Waals surface area contributed by atoms with Gasteiger partial charge in [-0.05, 0) is 48.0 Å². The van der Waals surface area contributed by atoms with Crippen LogP contribution in [0.1, 0.15) is 11.1 Å². The van der Waals surface area contributed by atoms with E-state index in [-0.39, 0.29) is 12.5 Å². The number of fused-ring (bicyclic) bond motifs is 1. The van der Waals surface area contributed by atoms with Crippen LogP contribution in [0.5, 0.6) is 5.75 Å². The van der Waals surface area contributed by atoms with E-state index in [9.17, 15) is 4.79 Å². The van der Waals surface area contributed by atoms with Crippen molar-refractivity contribution < 1.29 is 9.53 Å². The maximum Gasteiger partial charge on any atom is 0.262 e. The standard InChI is InChI=1S/C24H16N6O2S/c25-11-16-3-5-17(6-4-16)12-27-30-21(15-33-24(30)28-19-2-1-9-26-13-19)18-7-8-22-20(10-18)29-23(31)14-32-22/h1-10,12-13,15H,14H2,(H,29,31). The number of rotatable bonds is 4. The number of ether oxygens (including phenoxy) is 1. The fraction of sp³-hybridized carbons (Fsp3) is 0.0417. The smallest absolute Gasteiger partial charge is 0.262 e. The molecule has 4 aromatic rings. The topological polar surface area (TPSA) is 105 Å². The zero-order chi connectivity index (χ0) is 22.6. The molecule has 0 fully saturated rings. The molecule has 0 saturated carbocycles. The molecule has 2 aromatic carbocycles. The maximum absolute atomic E-state index is 11.7. The predicted octanol–water partition coefficient (Wildman–Crippen LogP) is 3.93. The molecule has 160 valence electrons. The van der Waals surface area contributed by atoms with Crippen LogP contribution < -0.4 is 14.9 Å². The fourth-order valence-corrected chi connectivity index (χ4v) is 4.08. The first-order chi connectivity index (χ1) is 16.2. The second-order valence-corrected chi connectivity index (χ2v) is 7.90. The Morgan fingerprint density at radius 2 is 2.09 bits per heavy atom. The Hall–Kier alpha value is -4.55. The largest absolute Gasteiger partial charge is 0.482 e. The molecule has 0 aliphatic carbocycles. The molecule has 0 atom stereocenters. The van der Waals surface area contributed by atoms with Gasteiger partial charge in [-0.1, -0.05) is 12.1 Å². The number of nitriles is 1. The van der Waals surface area contributed by atoms with Crippen LogP contribution in [0.15, 0.2) is 82.5 Å². The van der Waals surface area contributed by atoms with Crippen molar-refractivity contribution in [1.82, 2.24) is 9.66 Å². The van der Waals surface area contributed by atoms with Crippen molar-refractivity contribution in [2.24, 2.45) is 10.1 Å². The quantitative estimate of drug-likeness (QED) is 0.474. The molecule has 1 aliphatic rings. The van der Waals surface area contributed by atoms with E-state index in [0.717, 1.165) is 16.8 Å². The third kappa shape index (κ3) is 4.42. The van der Waals surface area contributed by atoms with Gasteiger partial charge in [0, 0.05) is 17.1 Å². The number of benzene rings is 2. The molecule has 3 heterocycles. The van der Waals surface area contributed by atoms with Crippen LogP contribution in [0.4, 0.5) is 11.4 Å². The summed E-state index contributed by atoms with van der Waals surface area (Å²) in [6.07, 6.45) is 5.09. The Morgan fingerprint density at radius 1 is 1.21 bits per heavy atom. The Balaban J connectivity index is 1.60. The Labute approximate surface area is 192 Å². The summed E-state index contributed by atoms with van der Waals surface area (Å²) in [7, 11) is 0. The number of nitrogens with one attached hydrogen (secondary N) is 1. The van der Waals surface area contributed by atoms with Gasteiger partial charge < -0.3 is 10.1 Å². The predicted molar refractivity (Wildman–Crippen MR) is 125 cm³/mol. The fourth-order valence-electron chi connectivity index (χ4n) is 3.23. The maximum atomic E-state index is 11.7. The lowest BCUT2D eigenvalue weighted by Gasteiger charge is -2.18. The van der Waals surface area contributed by atoms with Crippen LogP contribution in [0.2, 0.25) is 0 Å². The van der Waals surface area contributed by atoms with Gasteiger partial charge in [-0.2, -0.15) is 10.4 Å². The van der Waals surface area contributed by atoms with Gasteiger partial charge in [-0.3, -0.25) is 9.78 Å². The van der Waals surface area contributed by atoms with Crippen LogP contribution in [0.3, 0.4) is 0 Å². The summed E-state index contributed by atoms with van der Waals surface area (Å²) < 4.78 is 7.21. The zero-order valence-electron chi connectivity index (χ0n) is 17.2. The summed E-state index contributed by atoms with van der Waals surface area (Å²) >= 11 is 1.44. The molecular formula is C24H16N6O2S. The number of hydrogen-bond acceptors (Lipinski definition) is 7. The highest BCUT2D eigenvalue weighted by Gasteiger charge is 2.17. The molecule has 33 heavy (non-hydrogen) atoms. The highest BCUT2D eigenvalue weighted by molar-refractivity contribution is 7.07. The van der Waals surface area contributed by atoms with E-state index in [4.69, 9.17) is 15.0 Å². The van der Waals surface area contributed by atoms with Gasteiger partial charge in [-0.15, -0.1) is 11.3 Å². The van der Waals surface area contributed by atoms with Crippen LogP contribution in [-0.4, -0.2) is 28.4 Å². The van der Waals surface area contributed by atoms with E-state index >= 15 is 0 Å². The summed E-state index contributed by atoms with van der Waals surface area (Å²) in [5.74, 6) is 0.436. The highest BCUT2D eigenvalue weighted by Crippen LogP contribution is 2.33. The molecule has 1 aliphatic heterocycles. The normalized spacial score (nSPS) is 13.3. The molecule has 0 spiro atoms. The second-order valence-electron chi connectivity index (χ2n) is 7.06. The van der Waals surface area contributed by atoms with Crippen LogP contribution in [-0.2, 0) is 4.79 Å². The van der Waals surface area contributed by atoms with Crippen LogP contribution >= 0.6 is 11.3 Å². The Morgan fingerprint density at radius 3 is 2.88 bits per heavy atom. The van der Waals surface area contributed by atoms with Crippen molar-refractivity contribution in [1.29, 1.82) is 5.26 Å². The number of hydrogen-bond donors (Lipinski definition) is 1. The molecule has 1 N–H and O–H groups in total. The molecular weight excluding hydrogens is 436 g/mol. The van der Waals surface area contributed by atoms with Gasteiger partial charge in [0.15, 0.2) is 6.61 Å². The van der Waals surface area contributed by atoms with E-state index in [0.29, 0.717) is 27.5 Å². The minimum atomic E-state index is -0.191. The zero-order valence-corrected chi connectivity index (χ0v) is 18.0. The molecule has 2 aromatic heterocycles. The minimum Gasteiger partial charge on any atom is -0.482 e. The molecule has 0 unspecified atom stereocenters. The number of anilines is 1. The van der Waals surface area contributed by atoms with E-state index in [1.54, 1.807) is 35.4 Å². The van der Waals surface area contributed by atoms with E-state index in [2.05, 4.69) is 21.5 Å². The molecule has 8 nitrogen and oxygen atoms in total. The third-order valence-electron chi connectivity index (χ3n) is 4.83. The van der Waals surface area contributed by atoms with Crippen molar-refractivity contribution >= 4 is 34.8 Å². The van der Waals surface area contributed by atoms with Crippen LogP contribution in [0.25, 0.3) is 11.3 Å². The molecule has 9 heteroatoms. The van der Waals surface area contributed by atoms with Crippen molar-refractivity contribution in [3.05, 3.63) is 88.3 Å². The van der Waals surface area contributed by atoms with Gasteiger partial charge in [0.05, 0.1) is 41.1 Å². The summed E-state index contributed by atoms with van der Waals surface area (Å²) in [4.78, 5) is 21.2. The van der Waals surface area contributed by atoms with E-state index in [1.165, 1.54) is 11.3 Å². The third-order valence-corrected chi connectivity index (χ3v) is 5.64. The molecule has 1 amide bonds. The SMILES string of the molecule is N#Cc1ccc(C=Nn2c(-c3ccc4c(c3)NC(=O)CO4)csc2=Nc2cccnc2)cc1. The lowest BCUT2D eigenvalue weighted by atomic mass is 10.1. The average molecular weight is 452 g/mol. The summed E-state index contributed by atoms with van der Waals surface area (Å²) in [6.45, 7) is 0.00776. The first-order valence-corrected chi connectivity index (χ1v) is 10.8. The van der Waals surface area contributed by atoms with Crippen LogP contribution in [0, 0.1) is 11.3 Å². The second kappa shape index (κ2) is 8.90. The van der Waals surface area contributed by atoms with Gasteiger partial charge in [-0.25, -0.2) is 9.67 Å². The van der Waals surface area contributed by atoms with Gasteiger partial charge in [0.25, 0.3) is 5.91 Å². The summed E-state index contributed by atoms with van der Waals surface area (Å²) in [6, 6.07) is 18.6. The average Bonchev–Trinajstić information content (AvgIpc) is 3.25. The van der Waals surface area contributed by atoms with Gasteiger partial charge >= 0.3 is 0 Å². The molecule has 5 rings (SSSR count). The van der Waals surface area contributed by atoms with E-state index < -0.39 is 0 Å². The van der Waals surface area contributed by atoms with Crippen molar-refractivity contribution in [3.8, 4) is 23.1 Å². The van der Waals surface area contributed by atoms with Gasteiger partial charge in [0.1, 0.15) is 5.75 Å². The molecule has 0 radical (unpaired) electrons. The van der Waals surface area contributed by atoms with Crippen molar-refractivity contribution in [2.45, 2.75) is 0 Å². The van der Waals surface area contributed by atoms with E-state index in [1.807, 2.05) is 47.8 Å². The summed E-state index contributed by atoms with van der Waals surface area (Å²) in [5.41, 5.74) is 4.40. The van der Waals surface area contributed by atoms with Crippen molar-refractivity contribution in [2.75, 3.05) is 11.9 Å². The first-order valence-electron chi connectivity index (χ1n) is 9.96. The summed E-state index contributed by atoms with van der Waals surface area (Å²) in [5, 5.41) is 18.5.